The van der Waals surface area contributed by atoms with Crippen molar-refractivity contribution in [1.29, 1.82) is 0 Å². The average Bonchev–Trinajstić information content (AvgIpc) is 2.77. The van der Waals surface area contributed by atoms with Crippen molar-refractivity contribution in [2.24, 2.45) is 0 Å². The van der Waals surface area contributed by atoms with E-state index in [1.54, 1.807) is 0 Å². The number of oxazole rings is 1. The Labute approximate surface area is 120 Å². The number of fused-ring (bicyclic) bond motifs is 1. The summed E-state index contributed by atoms with van der Waals surface area (Å²) < 4.78 is 35.3. The summed E-state index contributed by atoms with van der Waals surface area (Å²) in [5.41, 5.74) is 1.04. The Kier molecular flexibility index (Phi) is 4.32. The van der Waals surface area contributed by atoms with E-state index in [4.69, 9.17) is 4.42 Å². The number of ether oxygens (including phenoxy) is 1. The van der Waals surface area contributed by atoms with Gasteiger partial charge in [-0.05, 0) is 24.6 Å². The summed E-state index contributed by atoms with van der Waals surface area (Å²) in [7, 11) is -2.33. The van der Waals surface area contributed by atoms with Crippen molar-refractivity contribution in [2.45, 2.75) is 12.8 Å². The molecular formula is C12H14N2O6S. The number of aromatic nitrogens is 1. The molecule has 2 aromatic rings. The van der Waals surface area contributed by atoms with Crippen LogP contribution < -0.4 is 10.5 Å². The molecule has 9 heteroatoms. The van der Waals surface area contributed by atoms with Crippen molar-refractivity contribution in [3.8, 4) is 0 Å². The number of anilines is 1. The molecule has 0 saturated carbocycles. The number of hydrogen-bond donors (Lipinski definition) is 2. The van der Waals surface area contributed by atoms with Crippen LogP contribution in [0, 0.1) is 0 Å². The first-order valence-corrected chi connectivity index (χ1v) is 7.75. The molecule has 0 atom stereocenters. The van der Waals surface area contributed by atoms with E-state index in [0.29, 0.717) is 16.8 Å². The van der Waals surface area contributed by atoms with Gasteiger partial charge in [0.15, 0.2) is 5.58 Å². The molecule has 0 aliphatic rings. The molecule has 0 bridgehead atoms. The molecule has 1 aromatic carbocycles. The summed E-state index contributed by atoms with van der Waals surface area (Å²) in [5.74, 6) is -1.27. The number of methoxy groups -OCH3 is 1. The predicted octanol–water partition coefficient (Wildman–Crippen LogP) is 0.816. The quantitative estimate of drug-likeness (QED) is 0.762. The smallest absolute Gasteiger partial charge is 0.417 e. The fourth-order valence-electron chi connectivity index (χ4n) is 1.75. The fraction of sp³-hybridized carbons (Fsp3) is 0.333. The van der Waals surface area contributed by atoms with Crippen molar-refractivity contribution in [1.82, 2.24) is 4.98 Å². The molecule has 0 aliphatic carbocycles. The molecule has 8 nitrogen and oxygen atoms in total. The molecule has 0 amide bonds. The van der Waals surface area contributed by atoms with Gasteiger partial charge in [0.1, 0.15) is 0 Å². The van der Waals surface area contributed by atoms with Crippen LogP contribution in [0.3, 0.4) is 0 Å². The second-order valence-electron chi connectivity index (χ2n) is 4.33. The van der Waals surface area contributed by atoms with E-state index in [2.05, 4.69) is 14.4 Å². The van der Waals surface area contributed by atoms with Crippen molar-refractivity contribution in [2.75, 3.05) is 17.6 Å². The van der Waals surface area contributed by atoms with E-state index in [9.17, 15) is 18.0 Å². The maximum absolute atomic E-state index is 11.9. The SMILES string of the molecule is COC(=O)CCCS(=O)(=O)Nc1ccc2oc(=O)[nH]c2c1. The number of carbonyl (C=O) groups excluding carboxylic acids is 1. The highest BCUT2D eigenvalue weighted by Gasteiger charge is 2.13. The highest BCUT2D eigenvalue weighted by atomic mass is 32.2. The van der Waals surface area contributed by atoms with Gasteiger partial charge in [-0.3, -0.25) is 14.5 Å². The predicted molar refractivity (Wildman–Crippen MR) is 75.5 cm³/mol. The minimum atomic E-state index is -3.58. The molecule has 0 fully saturated rings. The van der Waals surface area contributed by atoms with Gasteiger partial charge >= 0.3 is 11.7 Å². The Morgan fingerprint density at radius 2 is 2.19 bits per heavy atom. The number of carbonyl (C=O) groups is 1. The largest absolute Gasteiger partial charge is 0.469 e. The average molecular weight is 314 g/mol. The van der Waals surface area contributed by atoms with Crippen LogP contribution >= 0.6 is 0 Å². The summed E-state index contributed by atoms with van der Waals surface area (Å²) in [4.78, 5) is 24.4. The maximum atomic E-state index is 11.9. The summed E-state index contributed by atoms with van der Waals surface area (Å²) in [6, 6.07) is 4.43. The van der Waals surface area contributed by atoms with Gasteiger partial charge in [-0.15, -0.1) is 0 Å². The zero-order valence-electron chi connectivity index (χ0n) is 11.2. The minimum absolute atomic E-state index is 0.0332. The van der Waals surface area contributed by atoms with Gasteiger partial charge in [-0.1, -0.05) is 0 Å². The summed E-state index contributed by atoms with van der Waals surface area (Å²) in [6.45, 7) is 0. The third-order valence-electron chi connectivity index (χ3n) is 2.71. The van der Waals surface area contributed by atoms with Crippen LogP contribution in [-0.2, 0) is 19.6 Å². The van der Waals surface area contributed by atoms with Crippen molar-refractivity contribution < 1.29 is 22.4 Å². The number of nitrogens with one attached hydrogen (secondary N) is 2. The Morgan fingerprint density at radius 3 is 2.90 bits per heavy atom. The highest BCUT2D eigenvalue weighted by Crippen LogP contribution is 2.17. The molecule has 0 unspecified atom stereocenters. The molecule has 21 heavy (non-hydrogen) atoms. The number of sulfonamides is 1. The van der Waals surface area contributed by atoms with Gasteiger partial charge in [0.25, 0.3) is 0 Å². The zero-order chi connectivity index (χ0) is 15.5. The summed E-state index contributed by atoms with van der Waals surface area (Å²) in [6.07, 6.45) is 0.193. The lowest BCUT2D eigenvalue weighted by molar-refractivity contribution is -0.140. The van der Waals surface area contributed by atoms with Gasteiger partial charge < -0.3 is 9.15 Å². The van der Waals surface area contributed by atoms with Crippen molar-refractivity contribution in [3.63, 3.8) is 0 Å². The fourth-order valence-corrected chi connectivity index (χ4v) is 2.87. The molecule has 1 aromatic heterocycles. The lowest BCUT2D eigenvalue weighted by Gasteiger charge is -2.07. The van der Waals surface area contributed by atoms with Gasteiger partial charge in [-0.25, -0.2) is 13.2 Å². The van der Waals surface area contributed by atoms with Gasteiger partial charge in [0, 0.05) is 6.42 Å². The van der Waals surface area contributed by atoms with E-state index in [0.717, 1.165) is 0 Å². The Bertz CT molecular complexity index is 805. The standard InChI is InChI=1S/C12H14N2O6S/c1-19-11(15)3-2-6-21(17,18)14-8-4-5-10-9(7-8)13-12(16)20-10/h4-5,7,14H,2-3,6H2,1H3,(H,13,16). The number of esters is 1. The summed E-state index contributed by atoms with van der Waals surface area (Å²) in [5, 5.41) is 0. The minimum Gasteiger partial charge on any atom is -0.469 e. The van der Waals surface area contributed by atoms with Crippen LogP contribution in [-0.4, -0.2) is 32.2 Å². The zero-order valence-corrected chi connectivity index (χ0v) is 12.0. The molecule has 2 rings (SSSR count). The molecule has 0 spiro atoms. The monoisotopic (exact) mass is 314 g/mol. The molecule has 2 N–H and O–H groups in total. The first-order chi connectivity index (χ1) is 9.89. The number of H-pyrrole nitrogens is 1. The van der Waals surface area contributed by atoms with E-state index < -0.39 is 21.7 Å². The van der Waals surface area contributed by atoms with Gasteiger partial charge in [0.05, 0.1) is 24.1 Å². The number of rotatable bonds is 6. The normalized spacial score (nSPS) is 11.5. The second kappa shape index (κ2) is 6.00. The van der Waals surface area contributed by atoms with Gasteiger partial charge in [-0.2, -0.15) is 0 Å². The number of aromatic amines is 1. The van der Waals surface area contributed by atoms with Crippen molar-refractivity contribution >= 4 is 32.8 Å². The van der Waals surface area contributed by atoms with E-state index in [1.807, 2.05) is 0 Å². The molecule has 1 heterocycles. The Morgan fingerprint density at radius 1 is 1.43 bits per heavy atom. The third-order valence-corrected chi connectivity index (χ3v) is 4.09. The highest BCUT2D eigenvalue weighted by molar-refractivity contribution is 7.92. The third kappa shape index (κ3) is 4.09. The van der Waals surface area contributed by atoms with Crippen molar-refractivity contribution in [3.05, 3.63) is 28.7 Å². The van der Waals surface area contributed by atoms with Crippen LogP contribution in [0.2, 0.25) is 0 Å². The van der Waals surface area contributed by atoms with E-state index in [-0.39, 0.29) is 18.6 Å². The maximum Gasteiger partial charge on any atom is 0.417 e. The van der Waals surface area contributed by atoms with Crippen LogP contribution in [0.25, 0.3) is 11.1 Å². The number of hydrogen-bond acceptors (Lipinski definition) is 6. The molecule has 0 radical (unpaired) electrons. The molecule has 0 saturated heterocycles. The second-order valence-corrected chi connectivity index (χ2v) is 6.17. The van der Waals surface area contributed by atoms with E-state index >= 15 is 0 Å². The van der Waals surface area contributed by atoms with E-state index in [1.165, 1.54) is 25.3 Å². The topological polar surface area (TPSA) is 118 Å². The Balaban J connectivity index is 2.04. The van der Waals surface area contributed by atoms with Crippen LogP contribution in [0.15, 0.2) is 27.4 Å². The lowest BCUT2D eigenvalue weighted by Crippen LogP contribution is -2.17. The molecular weight excluding hydrogens is 300 g/mol. The summed E-state index contributed by atoms with van der Waals surface area (Å²) >= 11 is 0. The van der Waals surface area contributed by atoms with Gasteiger partial charge in [0.2, 0.25) is 10.0 Å². The van der Waals surface area contributed by atoms with Crippen LogP contribution in [0.4, 0.5) is 5.69 Å². The van der Waals surface area contributed by atoms with Crippen LogP contribution in [0.1, 0.15) is 12.8 Å². The molecule has 0 aliphatic heterocycles. The number of benzene rings is 1. The lowest BCUT2D eigenvalue weighted by atomic mass is 10.3. The Hall–Kier alpha value is -2.29. The molecule has 114 valence electrons. The first-order valence-electron chi connectivity index (χ1n) is 6.10. The van der Waals surface area contributed by atoms with Crippen LogP contribution in [0.5, 0.6) is 0 Å². The first kappa shape index (κ1) is 15.1.